The molecular weight excluding hydrogens is 375 g/mol. The Morgan fingerprint density at radius 2 is 1.82 bits per heavy atom. The number of carbonyl (C=O) groups excluding carboxylic acids is 1. The van der Waals surface area contributed by atoms with Crippen LogP contribution in [-0.4, -0.2) is 58.3 Å². The zero-order valence-corrected chi connectivity index (χ0v) is 16.2. The van der Waals surface area contributed by atoms with E-state index in [-0.39, 0.29) is 11.7 Å². The molecule has 1 aliphatic rings. The van der Waals surface area contributed by atoms with Gasteiger partial charge < -0.3 is 9.80 Å². The van der Waals surface area contributed by atoms with Crippen molar-refractivity contribution in [1.82, 2.24) is 19.2 Å². The number of amides is 1. The fraction of sp³-hybridized carbons (Fsp3) is 0.238. The number of imidazole rings is 1. The molecular formula is C21H19FN4OS. The van der Waals surface area contributed by atoms with Crippen LogP contribution in [0.2, 0.25) is 0 Å². The Morgan fingerprint density at radius 1 is 1.07 bits per heavy atom. The van der Waals surface area contributed by atoms with Crippen LogP contribution in [0.3, 0.4) is 0 Å². The van der Waals surface area contributed by atoms with Crippen LogP contribution in [0, 0.1) is 5.82 Å². The summed E-state index contributed by atoms with van der Waals surface area (Å²) in [6.07, 6.45) is 1.96. The summed E-state index contributed by atoms with van der Waals surface area (Å²) >= 11 is 1.56. The second-order valence-electron chi connectivity index (χ2n) is 7.17. The minimum atomic E-state index is -0.257. The van der Waals surface area contributed by atoms with E-state index in [4.69, 9.17) is 0 Å². The first-order valence-corrected chi connectivity index (χ1v) is 10.1. The first-order chi connectivity index (χ1) is 13.6. The molecule has 0 unspecified atom stereocenters. The van der Waals surface area contributed by atoms with Gasteiger partial charge in [-0.25, -0.2) is 9.37 Å². The van der Waals surface area contributed by atoms with E-state index < -0.39 is 0 Å². The number of benzene rings is 2. The highest BCUT2D eigenvalue weighted by molar-refractivity contribution is 7.23. The lowest BCUT2D eigenvalue weighted by Crippen LogP contribution is -2.47. The highest BCUT2D eigenvalue weighted by Gasteiger charge is 2.21. The molecule has 142 valence electrons. The summed E-state index contributed by atoms with van der Waals surface area (Å²) in [4.78, 5) is 22.5. The molecule has 0 bridgehead atoms. The van der Waals surface area contributed by atoms with Crippen LogP contribution < -0.4 is 0 Å². The molecule has 2 aromatic heterocycles. The van der Waals surface area contributed by atoms with Gasteiger partial charge in [0.15, 0.2) is 4.96 Å². The molecule has 4 aromatic rings. The molecule has 0 saturated carbocycles. The predicted octanol–water partition coefficient (Wildman–Crippen LogP) is 3.74. The summed E-state index contributed by atoms with van der Waals surface area (Å²) in [5.74, 6) is -0.166. The maximum Gasteiger partial charge on any atom is 0.253 e. The van der Waals surface area contributed by atoms with E-state index in [0.717, 1.165) is 58.2 Å². The van der Waals surface area contributed by atoms with Crippen molar-refractivity contribution in [2.24, 2.45) is 0 Å². The molecule has 1 amide bonds. The predicted molar refractivity (Wildman–Crippen MR) is 109 cm³/mol. The Labute approximate surface area is 165 Å². The van der Waals surface area contributed by atoms with Gasteiger partial charge >= 0.3 is 0 Å². The number of likely N-dealkylation sites (N-methyl/N-ethyl adjacent to an activating group) is 1. The zero-order valence-electron chi connectivity index (χ0n) is 15.4. The summed E-state index contributed by atoms with van der Waals surface area (Å²) in [6, 6.07) is 12.2. The van der Waals surface area contributed by atoms with Gasteiger partial charge in [0.1, 0.15) is 5.82 Å². The van der Waals surface area contributed by atoms with Crippen LogP contribution >= 0.6 is 11.3 Å². The third-order valence-corrected chi connectivity index (χ3v) is 6.29. The molecule has 0 atom stereocenters. The lowest BCUT2D eigenvalue weighted by atomic mass is 10.1. The number of aromatic nitrogens is 2. The Hall–Kier alpha value is -2.77. The largest absolute Gasteiger partial charge is 0.336 e. The lowest BCUT2D eigenvalue weighted by molar-refractivity contribution is 0.0664. The first kappa shape index (κ1) is 17.3. The van der Waals surface area contributed by atoms with Gasteiger partial charge in [-0.3, -0.25) is 9.20 Å². The Kier molecular flexibility index (Phi) is 4.14. The van der Waals surface area contributed by atoms with E-state index >= 15 is 0 Å². The molecule has 0 N–H and O–H groups in total. The van der Waals surface area contributed by atoms with Crippen LogP contribution in [0.5, 0.6) is 0 Å². The topological polar surface area (TPSA) is 40.8 Å². The molecule has 1 aliphatic heterocycles. The second kappa shape index (κ2) is 6.68. The summed E-state index contributed by atoms with van der Waals surface area (Å²) in [5.41, 5.74) is 3.44. The van der Waals surface area contributed by atoms with Gasteiger partial charge in [0.2, 0.25) is 0 Å². The fourth-order valence-corrected chi connectivity index (χ4v) is 4.63. The third kappa shape index (κ3) is 2.96. The van der Waals surface area contributed by atoms with Gasteiger partial charge in [0, 0.05) is 43.5 Å². The van der Waals surface area contributed by atoms with Crippen LogP contribution in [0.1, 0.15) is 10.4 Å². The van der Waals surface area contributed by atoms with Crippen molar-refractivity contribution in [2.45, 2.75) is 0 Å². The SMILES string of the molecule is CN1CCN(C(=O)c2ccc3c(c2)sc2nc(-c4ccc(F)cc4)cn23)CC1. The molecule has 28 heavy (non-hydrogen) atoms. The van der Waals surface area contributed by atoms with Crippen molar-refractivity contribution in [1.29, 1.82) is 0 Å². The molecule has 0 aliphatic carbocycles. The maximum absolute atomic E-state index is 13.2. The van der Waals surface area contributed by atoms with Crippen molar-refractivity contribution in [3.8, 4) is 11.3 Å². The van der Waals surface area contributed by atoms with Gasteiger partial charge in [0.05, 0.1) is 15.9 Å². The summed E-state index contributed by atoms with van der Waals surface area (Å²) < 4.78 is 16.2. The van der Waals surface area contributed by atoms with E-state index in [1.807, 2.05) is 33.7 Å². The Bertz CT molecular complexity index is 1170. The van der Waals surface area contributed by atoms with E-state index in [1.54, 1.807) is 23.5 Å². The fourth-order valence-electron chi connectivity index (χ4n) is 3.59. The molecule has 3 heterocycles. The summed E-state index contributed by atoms with van der Waals surface area (Å²) in [5, 5.41) is 0. The van der Waals surface area contributed by atoms with Gasteiger partial charge in [-0.2, -0.15) is 0 Å². The quantitative estimate of drug-likeness (QED) is 0.520. The minimum Gasteiger partial charge on any atom is -0.336 e. The number of carbonyl (C=O) groups is 1. The standard InChI is InChI=1S/C21H19FN4OS/c1-24-8-10-25(11-9-24)20(27)15-4-7-18-19(12-15)28-21-23-17(13-26(18)21)14-2-5-16(22)6-3-14/h2-7,12-13H,8-11H2,1H3. The molecule has 5 nitrogen and oxygen atoms in total. The average Bonchev–Trinajstić information content (AvgIpc) is 3.26. The van der Waals surface area contributed by atoms with Crippen molar-refractivity contribution in [3.05, 3.63) is 60.0 Å². The lowest BCUT2D eigenvalue weighted by Gasteiger charge is -2.32. The monoisotopic (exact) mass is 394 g/mol. The normalized spacial score (nSPS) is 15.6. The maximum atomic E-state index is 13.2. The van der Waals surface area contributed by atoms with Crippen molar-refractivity contribution >= 4 is 32.4 Å². The van der Waals surface area contributed by atoms with Crippen molar-refractivity contribution in [3.63, 3.8) is 0 Å². The van der Waals surface area contributed by atoms with Crippen molar-refractivity contribution in [2.75, 3.05) is 33.2 Å². The van der Waals surface area contributed by atoms with Gasteiger partial charge in [-0.1, -0.05) is 11.3 Å². The number of rotatable bonds is 2. The number of nitrogens with zero attached hydrogens (tertiary/aromatic N) is 4. The molecule has 1 fully saturated rings. The molecule has 2 aromatic carbocycles. The average molecular weight is 394 g/mol. The number of piperazine rings is 1. The van der Waals surface area contributed by atoms with Gasteiger partial charge in [-0.05, 0) is 49.5 Å². The van der Waals surface area contributed by atoms with E-state index in [0.29, 0.717) is 0 Å². The highest BCUT2D eigenvalue weighted by atomic mass is 32.1. The van der Waals surface area contributed by atoms with Gasteiger partial charge in [0.25, 0.3) is 5.91 Å². The van der Waals surface area contributed by atoms with Crippen molar-refractivity contribution < 1.29 is 9.18 Å². The number of fused-ring (bicyclic) bond motifs is 3. The van der Waals surface area contributed by atoms with E-state index in [9.17, 15) is 9.18 Å². The second-order valence-corrected chi connectivity index (χ2v) is 8.17. The summed E-state index contributed by atoms with van der Waals surface area (Å²) in [6.45, 7) is 3.35. The van der Waals surface area contributed by atoms with E-state index in [2.05, 4.69) is 16.9 Å². The molecule has 0 spiro atoms. The number of hydrogen-bond donors (Lipinski definition) is 0. The Balaban J connectivity index is 1.47. The van der Waals surface area contributed by atoms with Gasteiger partial charge in [-0.15, -0.1) is 0 Å². The number of halogens is 1. The zero-order chi connectivity index (χ0) is 19.3. The summed E-state index contributed by atoms with van der Waals surface area (Å²) in [7, 11) is 2.08. The third-order valence-electron chi connectivity index (χ3n) is 5.27. The highest BCUT2D eigenvalue weighted by Crippen LogP contribution is 2.30. The number of hydrogen-bond acceptors (Lipinski definition) is 4. The first-order valence-electron chi connectivity index (χ1n) is 9.24. The molecule has 1 saturated heterocycles. The smallest absolute Gasteiger partial charge is 0.253 e. The number of thiazole rings is 1. The van der Waals surface area contributed by atoms with Crippen LogP contribution in [-0.2, 0) is 0 Å². The molecule has 0 radical (unpaired) electrons. The minimum absolute atomic E-state index is 0.0908. The van der Waals surface area contributed by atoms with Crippen LogP contribution in [0.15, 0.2) is 48.7 Å². The Morgan fingerprint density at radius 3 is 2.57 bits per heavy atom. The van der Waals surface area contributed by atoms with E-state index in [1.165, 1.54) is 12.1 Å². The molecule has 5 rings (SSSR count). The van der Waals surface area contributed by atoms with Crippen LogP contribution in [0.25, 0.3) is 26.4 Å². The molecule has 7 heteroatoms. The van der Waals surface area contributed by atoms with Crippen LogP contribution in [0.4, 0.5) is 4.39 Å².